The monoisotopic (exact) mass is 453 g/mol. The number of benzene rings is 1. The summed E-state index contributed by atoms with van der Waals surface area (Å²) in [5, 5.41) is 17.0. The van der Waals surface area contributed by atoms with E-state index in [0.717, 1.165) is 0 Å². The second-order valence-corrected chi connectivity index (χ2v) is 7.84. The summed E-state index contributed by atoms with van der Waals surface area (Å²) in [4.78, 5) is 38.6. The Balaban J connectivity index is 2.29. The van der Waals surface area contributed by atoms with Crippen LogP contribution >= 0.6 is 0 Å². The number of hydrogen-bond acceptors (Lipinski definition) is 5. The van der Waals surface area contributed by atoms with Crippen molar-refractivity contribution >= 4 is 17.8 Å². The highest BCUT2D eigenvalue weighted by molar-refractivity contribution is 6.16. The number of aromatic nitrogens is 2. The van der Waals surface area contributed by atoms with E-state index in [0.29, 0.717) is 29.1 Å². The first-order chi connectivity index (χ1) is 14.9. The fourth-order valence-corrected chi connectivity index (χ4v) is 3.75. The molecule has 32 heavy (non-hydrogen) atoms. The zero-order valence-corrected chi connectivity index (χ0v) is 17.8. The average Bonchev–Trinajstić information content (AvgIpc) is 2.90. The van der Waals surface area contributed by atoms with Gasteiger partial charge >= 0.3 is 6.03 Å². The van der Waals surface area contributed by atoms with Gasteiger partial charge in [0.05, 0.1) is 0 Å². The summed E-state index contributed by atoms with van der Waals surface area (Å²) < 4.78 is 43.9. The zero-order valence-electron chi connectivity index (χ0n) is 17.8. The van der Waals surface area contributed by atoms with E-state index in [9.17, 15) is 32.8 Å². The summed E-state index contributed by atoms with van der Waals surface area (Å²) in [7, 11) is 3.60. The van der Waals surface area contributed by atoms with Gasteiger partial charge in [-0.15, -0.1) is 0 Å². The van der Waals surface area contributed by atoms with Gasteiger partial charge in [-0.05, 0) is 31.8 Å². The number of likely N-dealkylation sites (N-methyl/N-ethyl adjacent to an activating group) is 1. The number of carbonyl (C=O) groups excluding carboxylic acids is 3. The number of nitrogens with one attached hydrogen (secondary N) is 2. The van der Waals surface area contributed by atoms with Crippen LogP contribution in [-0.4, -0.2) is 48.0 Å². The Kier molecular flexibility index (Phi) is 6.26. The Morgan fingerprint density at radius 1 is 1.09 bits per heavy atom. The molecule has 1 aromatic heterocycles. The van der Waals surface area contributed by atoms with Crippen LogP contribution in [0.3, 0.4) is 0 Å². The molecule has 0 bridgehead atoms. The lowest BCUT2D eigenvalue weighted by Crippen LogP contribution is -2.58. The van der Waals surface area contributed by atoms with Gasteiger partial charge in [0.2, 0.25) is 11.8 Å². The van der Waals surface area contributed by atoms with Crippen LogP contribution in [0, 0.1) is 42.4 Å². The standard InChI is InChI=1S/C20H22F3N5O4/c1-9-10(2)28(32)19(27(9)6-5-26(3)4)14(11-7-12(21)16(23)13(22)8-11)15-17(29)24-20(31)25-18(15)30/h7-8,14-15H,5-6H2,1-4H3,(H2,24,25,29,30,31)/t14-/m0/s1. The van der Waals surface area contributed by atoms with Crippen molar-refractivity contribution in [3.63, 3.8) is 0 Å². The van der Waals surface area contributed by atoms with Crippen LogP contribution in [0.5, 0.6) is 0 Å². The maximum Gasteiger partial charge on any atom is 0.328 e. The number of imide groups is 2. The molecule has 1 aliphatic rings. The summed E-state index contributed by atoms with van der Waals surface area (Å²) in [5.74, 6) is -10.3. The highest BCUT2D eigenvalue weighted by atomic mass is 19.2. The Hall–Kier alpha value is -3.41. The molecule has 1 aromatic carbocycles. The van der Waals surface area contributed by atoms with E-state index in [1.54, 1.807) is 25.6 Å². The Bertz CT molecular complexity index is 1070. The van der Waals surface area contributed by atoms with Gasteiger partial charge in [-0.3, -0.25) is 20.2 Å². The molecule has 0 spiro atoms. The molecule has 1 fully saturated rings. The van der Waals surface area contributed by atoms with Crippen molar-refractivity contribution in [3.8, 4) is 0 Å². The topological polar surface area (TPSA) is 110 Å². The van der Waals surface area contributed by atoms with Crippen molar-refractivity contribution in [2.75, 3.05) is 20.6 Å². The van der Waals surface area contributed by atoms with E-state index < -0.39 is 47.1 Å². The van der Waals surface area contributed by atoms with Crippen LogP contribution in [0.2, 0.25) is 0 Å². The number of urea groups is 1. The minimum absolute atomic E-state index is 0.142. The van der Waals surface area contributed by atoms with Crippen molar-refractivity contribution in [2.24, 2.45) is 5.92 Å². The third-order valence-corrected chi connectivity index (χ3v) is 5.50. The van der Waals surface area contributed by atoms with Crippen molar-refractivity contribution in [3.05, 3.63) is 57.6 Å². The van der Waals surface area contributed by atoms with E-state index in [1.807, 2.05) is 15.5 Å². The first-order valence-corrected chi connectivity index (χ1v) is 9.68. The van der Waals surface area contributed by atoms with E-state index in [-0.39, 0.29) is 23.6 Å². The SMILES string of the molecule is Cc1c(C)[n+]([O-])c([C@@H](c2cc(F)c(F)c(F)c2)C2C(=O)NC(=O)NC2=O)n1CCN(C)C. The van der Waals surface area contributed by atoms with Gasteiger partial charge in [-0.25, -0.2) is 27.3 Å². The van der Waals surface area contributed by atoms with Crippen LogP contribution in [0.1, 0.15) is 28.7 Å². The number of imidazole rings is 1. The summed E-state index contributed by atoms with van der Waals surface area (Å²) in [6.45, 7) is 3.88. The van der Waals surface area contributed by atoms with E-state index in [1.165, 1.54) is 6.92 Å². The van der Waals surface area contributed by atoms with Gasteiger partial charge < -0.3 is 10.1 Å². The van der Waals surface area contributed by atoms with Crippen LogP contribution in [0.4, 0.5) is 18.0 Å². The maximum atomic E-state index is 14.1. The molecule has 2 heterocycles. The minimum atomic E-state index is -1.73. The molecule has 1 atom stereocenters. The summed E-state index contributed by atoms with van der Waals surface area (Å²) in [6.07, 6.45) is 0. The van der Waals surface area contributed by atoms with E-state index in [2.05, 4.69) is 0 Å². The lowest BCUT2D eigenvalue weighted by molar-refractivity contribution is -0.621. The second-order valence-electron chi connectivity index (χ2n) is 7.84. The number of halogens is 3. The normalized spacial score (nSPS) is 15.8. The molecule has 0 radical (unpaired) electrons. The quantitative estimate of drug-likeness (QED) is 0.291. The van der Waals surface area contributed by atoms with Crippen molar-refractivity contribution in [1.29, 1.82) is 0 Å². The third-order valence-electron chi connectivity index (χ3n) is 5.50. The van der Waals surface area contributed by atoms with Gasteiger partial charge in [-0.2, -0.15) is 0 Å². The molecular weight excluding hydrogens is 431 g/mol. The minimum Gasteiger partial charge on any atom is -0.711 e. The van der Waals surface area contributed by atoms with E-state index in [4.69, 9.17) is 0 Å². The first-order valence-electron chi connectivity index (χ1n) is 9.68. The van der Waals surface area contributed by atoms with Gasteiger partial charge in [0.15, 0.2) is 17.5 Å². The molecule has 4 amide bonds. The van der Waals surface area contributed by atoms with Crippen LogP contribution in [0.15, 0.2) is 12.1 Å². The summed E-state index contributed by atoms with van der Waals surface area (Å²) in [6, 6.07) is 0.207. The van der Waals surface area contributed by atoms with E-state index >= 15 is 0 Å². The molecule has 0 saturated carbocycles. The largest absolute Gasteiger partial charge is 0.711 e. The first kappa shape index (κ1) is 23.3. The molecule has 172 valence electrons. The molecule has 0 aliphatic carbocycles. The number of rotatable bonds is 6. The molecular formula is C20H22F3N5O4. The molecule has 3 rings (SSSR count). The molecule has 2 aromatic rings. The number of amides is 4. The van der Waals surface area contributed by atoms with Crippen LogP contribution in [-0.2, 0) is 16.1 Å². The highest BCUT2D eigenvalue weighted by Gasteiger charge is 2.47. The lowest BCUT2D eigenvalue weighted by Gasteiger charge is -2.28. The zero-order chi connectivity index (χ0) is 23.9. The smallest absolute Gasteiger partial charge is 0.328 e. The number of carbonyl (C=O) groups is 3. The Morgan fingerprint density at radius 3 is 2.12 bits per heavy atom. The predicted octanol–water partition coefficient (Wildman–Crippen LogP) is 0.831. The lowest BCUT2D eigenvalue weighted by atomic mass is 9.82. The molecule has 12 heteroatoms. The molecule has 2 N–H and O–H groups in total. The summed E-state index contributed by atoms with van der Waals surface area (Å²) >= 11 is 0. The third kappa shape index (κ3) is 4.05. The Morgan fingerprint density at radius 2 is 1.62 bits per heavy atom. The predicted molar refractivity (Wildman–Crippen MR) is 105 cm³/mol. The molecule has 9 nitrogen and oxygen atoms in total. The highest BCUT2D eigenvalue weighted by Crippen LogP contribution is 2.35. The summed E-state index contributed by atoms with van der Waals surface area (Å²) in [5.41, 5.74) is 0.455. The fraction of sp³-hybridized carbons (Fsp3) is 0.400. The van der Waals surface area contributed by atoms with Gasteiger partial charge in [0, 0.05) is 20.4 Å². The fourth-order valence-electron chi connectivity index (χ4n) is 3.75. The molecule has 1 aliphatic heterocycles. The van der Waals surface area contributed by atoms with Crippen LogP contribution < -0.4 is 15.4 Å². The van der Waals surface area contributed by atoms with Crippen molar-refractivity contribution < 1.29 is 32.3 Å². The van der Waals surface area contributed by atoms with Crippen LogP contribution in [0.25, 0.3) is 0 Å². The second kappa shape index (κ2) is 8.61. The average molecular weight is 453 g/mol. The van der Waals surface area contributed by atoms with Gasteiger partial charge in [-0.1, -0.05) is 0 Å². The van der Waals surface area contributed by atoms with Gasteiger partial charge in [0.1, 0.15) is 29.8 Å². The molecule has 1 saturated heterocycles. The van der Waals surface area contributed by atoms with Gasteiger partial charge in [0.25, 0.3) is 5.82 Å². The number of barbiturate groups is 1. The van der Waals surface area contributed by atoms with Crippen molar-refractivity contribution in [2.45, 2.75) is 26.3 Å². The Labute approximate surface area is 181 Å². The van der Waals surface area contributed by atoms with Crippen molar-refractivity contribution in [1.82, 2.24) is 20.1 Å². The number of hydrogen-bond donors (Lipinski definition) is 2. The molecule has 0 unspecified atom stereocenters. The maximum absolute atomic E-state index is 14.1. The number of nitrogens with zero attached hydrogens (tertiary/aromatic N) is 3.